The monoisotopic (exact) mass is 285 g/mol. The SMILES string of the molecule is CCOC(=O)[C@H](CNS(C)(=O)=O)Cc1ccccc1. The number of nitrogens with one attached hydrogen (secondary N) is 1. The Balaban J connectivity index is 2.72. The second-order valence-corrected chi connectivity index (χ2v) is 6.09. The number of esters is 1. The number of hydrogen-bond acceptors (Lipinski definition) is 4. The van der Waals surface area contributed by atoms with E-state index in [1.54, 1.807) is 6.92 Å². The molecule has 1 aromatic carbocycles. The van der Waals surface area contributed by atoms with Crippen LogP contribution < -0.4 is 4.72 Å². The number of rotatable bonds is 7. The minimum atomic E-state index is -3.32. The summed E-state index contributed by atoms with van der Waals surface area (Å²) in [5.41, 5.74) is 0.968. The summed E-state index contributed by atoms with van der Waals surface area (Å²) in [7, 11) is -3.32. The number of carbonyl (C=O) groups is 1. The molecule has 1 aromatic rings. The summed E-state index contributed by atoms with van der Waals surface area (Å²) in [5, 5.41) is 0. The number of carbonyl (C=O) groups excluding carboxylic acids is 1. The molecule has 0 spiro atoms. The summed E-state index contributed by atoms with van der Waals surface area (Å²) in [6.07, 6.45) is 1.51. The van der Waals surface area contributed by atoms with Crippen molar-refractivity contribution < 1.29 is 17.9 Å². The number of sulfonamides is 1. The topological polar surface area (TPSA) is 72.5 Å². The lowest BCUT2D eigenvalue weighted by Crippen LogP contribution is -2.34. The maximum Gasteiger partial charge on any atom is 0.310 e. The molecule has 106 valence electrons. The minimum Gasteiger partial charge on any atom is -0.466 e. The van der Waals surface area contributed by atoms with Crippen LogP contribution in [0.4, 0.5) is 0 Å². The molecule has 0 fully saturated rings. The van der Waals surface area contributed by atoms with E-state index in [1.165, 1.54) is 0 Å². The van der Waals surface area contributed by atoms with E-state index >= 15 is 0 Å². The number of benzene rings is 1. The first-order chi connectivity index (χ1) is 8.92. The number of hydrogen-bond donors (Lipinski definition) is 1. The molecule has 0 saturated carbocycles. The van der Waals surface area contributed by atoms with Crippen LogP contribution in [0.15, 0.2) is 30.3 Å². The second-order valence-electron chi connectivity index (χ2n) is 4.26. The van der Waals surface area contributed by atoms with Crippen LogP contribution >= 0.6 is 0 Å². The Labute approximate surface area is 114 Å². The van der Waals surface area contributed by atoms with Crippen molar-refractivity contribution in [2.24, 2.45) is 5.92 Å². The van der Waals surface area contributed by atoms with Crippen molar-refractivity contribution in [2.45, 2.75) is 13.3 Å². The standard InChI is InChI=1S/C13H19NO4S/c1-3-18-13(15)12(10-14-19(2,16)17)9-11-7-5-4-6-8-11/h4-8,12,14H,3,9-10H2,1-2H3/t12-/m0/s1. The van der Waals surface area contributed by atoms with E-state index in [0.29, 0.717) is 6.42 Å². The van der Waals surface area contributed by atoms with Crippen molar-refractivity contribution in [1.82, 2.24) is 4.72 Å². The zero-order chi connectivity index (χ0) is 14.3. The van der Waals surface area contributed by atoms with Gasteiger partial charge in [-0.1, -0.05) is 30.3 Å². The van der Waals surface area contributed by atoms with E-state index in [9.17, 15) is 13.2 Å². The maximum atomic E-state index is 11.8. The van der Waals surface area contributed by atoms with Gasteiger partial charge in [-0.15, -0.1) is 0 Å². The molecule has 0 bridgehead atoms. The van der Waals surface area contributed by atoms with Crippen molar-refractivity contribution in [2.75, 3.05) is 19.4 Å². The Bertz CT molecular complexity index is 499. The molecule has 0 saturated heterocycles. The van der Waals surface area contributed by atoms with Crippen LogP contribution in [-0.4, -0.2) is 33.8 Å². The van der Waals surface area contributed by atoms with Crippen LogP contribution in [-0.2, 0) is 26.0 Å². The zero-order valence-corrected chi connectivity index (χ0v) is 11.9. The summed E-state index contributed by atoms with van der Waals surface area (Å²) in [4.78, 5) is 11.8. The molecule has 19 heavy (non-hydrogen) atoms. The first kappa shape index (κ1) is 15.7. The average molecular weight is 285 g/mol. The Kier molecular flexibility index (Phi) is 5.98. The second kappa shape index (κ2) is 7.25. The first-order valence-corrected chi connectivity index (χ1v) is 7.96. The molecular weight excluding hydrogens is 266 g/mol. The van der Waals surface area contributed by atoms with Gasteiger partial charge in [0.2, 0.25) is 10.0 Å². The predicted octanol–water partition coefficient (Wildman–Crippen LogP) is 0.958. The third-order valence-electron chi connectivity index (χ3n) is 2.54. The highest BCUT2D eigenvalue weighted by Crippen LogP contribution is 2.10. The van der Waals surface area contributed by atoms with Crippen LogP contribution in [0.5, 0.6) is 0 Å². The molecular formula is C13H19NO4S. The first-order valence-electron chi connectivity index (χ1n) is 6.07. The van der Waals surface area contributed by atoms with E-state index in [4.69, 9.17) is 4.74 Å². The minimum absolute atomic E-state index is 0.0482. The molecule has 0 heterocycles. The fourth-order valence-corrected chi connectivity index (χ4v) is 2.15. The van der Waals surface area contributed by atoms with Crippen molar-refractivity contribution in [3.05, 3.63) is 35.9 Å². The molecule has 5 nitrogen and oxygen atoms in total. The van der Waals surface area contributed by atoms with Gasteiger partial charge in [-0.25, -0.2) is 13.1 Å². The van der Waals surface area contributed by atoms with Crippen molar-refractivity contribution >= 4 is 16.0 Å². The van der Waals surface area contributed by atoms with Gasteiger partial charge in [-0.3, -0.25) is 4.79 Å². The molecule has 0 unspecified atom stereocenters. The van der Waals surface area contributed by atoms with Gasteiger partial charge in [0.05, 0.1) is 18.8 Å². The highest BCUT2D eigenvalue weighted by atomic mass is 32.2. The summed E-state index contributed by atoms with van der Waals surface area (Å²) < 4.78 is 29.5. The van der Waals surface area contributed by atoms with Crippen LogP contribution in [0.25, 0.3) is 0 Å². The molecule has 0 aliphatic carbocycles. The van der Waals surface area contributed by atoms with E-state index in [1.807, 2.05) is 30.3 Å². The molecule has 1 rings (SSSR count). The van der Waals surface area contributed by atoms with Crippen molar-refractivity contribution in [1.29, 1.82) is 0 Å². The molecule has 0 aliphatic heterocycles. The van der Waals surface area contributed by atoms with Gasteiger partial charge in [0.15, 0.2) is 0 Å². The number of ether oxygens (including phenoxy) is 1. The van der Waals surface area contributed by atoms with Gasteiger partial charge in [0.1, 0.15) is 0 Å². The van der Waals surface area contributed by atoms with Gasteiger partial charge in [0.25, 0.3) is 0 Å². The third kappa shape index (κ3) is 6.35. The third-order valence-corrected chi connectivity index (χ3v) is 3.23. The Morgan fingerprint density at radius 2 is 1.95 bits per heavy atom. The summed E-state index contributed by atoms with van der Waals surface area (Å²) in [6.45, 7) is 2.05. The van der Waals surface area contributed by atoms with E-state index in [-0.39, 0.29) is 19.1 Å². The zero-order valence-electron chi connectivity index (χ0n) is 11.1. The molecule has 1 N–H and O–H groups in total. The Hall–Kier alpha value is -1.40. The smallest absolute Gasteiger partial charge is 0.310 e. The van der Waals surface area contributed by atoms with Crippen LogP contribution in [0.3, 0.4) is 0 Å². The van der Waals surface area contributed by atoms with E-state index < -0.39 is 15.9 Å². The highest BCUT2D eigenvalue weighted by molar-refractivity contribution is 7.88. The Morgan fingerprint density at radius 1 is 1.32 bits per heavy atom. The fourth-order valence-electron chi connectivity index (χ4n) is 1.65. The van der Waals surface area contributed by atoms with Crippen LogP contribution in [0.2, 0.25) is 0 Å². The molecule has 6 heteroatoms. The highest BCUT2D eigenvalue weighted by Gasteiger charge is 2.21. The van der Waals surface area contributed by atoms with E-state index in [0.717, 1.165) is 11.8 Å². The molecule has 0 aliphatic rings. The van der Waals surface area contributed by atoms with Crippen LogP contribution in [0, 0.1) is 5.92 Å². The lowest BCUT2D eigenvalue weighted by molar-refractivity contribution is -0.147. The van der Waals surface area contributed by atoms with Crippen molar-refractivity contribution in [3.63, 3.8) is 0 Å². The molecule has 0 amide bonds. The summed E-state index contributed by atoms with van der Waals surface area (Å²) in [5.74, 6) is -0.903. The van der Waals surface area contributed by atoms with Gasteiger partial charge < -0.3 is 4.74 Å². The van der Waals surface area contributed by atoms with Gasteiger partial charge in [-0.2, -0.15) is 0 Å². The maximum absolute atomic E-state index is 11.8. The molecule has 0 radical (unpaired) electrons. The lowest BCUT2D eigenvalue weighted by atomic mass is 10.00. The average Bonchev–Trinajstić information content (AvgIpc) is 2.35. The van der Waals surface area contributed by atoms with Crippen LogP contribution in [0.1, 0.15) is 12.5 Å². The predicted molar refractivity (Wildman–Crippen MR) is 73.1 cm³/mol. The van der Waals surface area contributed by atoms with E-state index in [2.05, 4.69) is 4.72 Å². The van der Waals surface area contributed by atoms with Crippen molar-refractivity contribution in [3.8, 4) is 0 Å². The van der Waals surface area contributed by atoms with Gasteiger partial charge in [0, 0.05) is 6.54 Å². The molecule has 0 aromatic heterocycles. The van der Waals surface area contributed by atoms with Gasteiger partial charge in [-0.05, 0) is 18.9 Å². The largest absolute Gasteiger partial charge is 0.466 e. The lowest BCUT2D eigenvalue weighted by Gasteiger charge is -2.15. The Morgan fingerprint density at radius 3 is 2.47 bits per heavy atom. The van der Waals surface area contributed by atoms with Gasteiger partial charge >= 0.3 is 5.97 Å². The summed E-state index contributed by atoms with van der Waals surface area (Å²) in [6, 6.07) is 9.43. The summed E-state index contributed by atoms with van der Waals surface area (Å²) >= 11 is 0. The normalized spacial score (nSPS) is 12.9. The molecule has 1 atom stereocenters. The fraction of sp³-hybridized carbons (Fsp3) is 0.462. The quantitative estimate of drug-likeness (QED) is 0.757.